The van der Waals surface area contributed by atoms with Gasteiger partial charge in [-0.1, -0.05) is 39.2 Å². The van der Waals surface area contributed by atoms with Crippen LogP contribution in [0.1, 0.15) is 34.6 Å². The number of hydrogen-bond acceptors (Lipinski definition) is 3. The molecule has 2 unspecified atom stereocenters. The first-order chi connectivity index (χ1) is 9.39. The van der Waals surface area contributed by atoms with Crippen LogP contribution >= 0.6 is 27.5 Å². The highest BCUT2D eigenvalue weighted by atomic mass is 79.9. The van der Waals surface area contributed by atoms with Crippen molar-refractivity contribution < 1.29 is 27.4 Å². The van der Waals surface area contributed by atoms with Gasteiger partial charge in [-0.2, -0.15) is 13.2 Å². The van der Waals surface area contributed by atoms with Crippen molar-refractivity contribution in [2.75, 3.05) is 13.2 Å². The third-order valence-corrected chi connectivity index (χ3v) is 3.70. The average molecular weight is 398 g/mol. The molecule has 0 aliphatic rings. The summed E-state index contributed by atoms with van der Waals surface area (Å²) < 4.78 is 52.5. The number of halogens is 5. The second-order valence-corrected chi connectivity index (χ2v) is 6.94. The molecule has 8 heteroatoms. The first kappa shape index (κ1) is 21.2. The normalized spacial score (nSPS) is 17.2. The van der Waals surface area contributed by atoms with Crippen LogP contribution in [0, 0.1) is 0 Å². The summed E-state index contributed by atoms with van der Waals surface area (Å²) in [5.41, 5.74) is 0.615. The molecule has 0 aliphatic heterocycles. The maximum atomic E-state index is 13.1. The minimum atomic E-state index is -4.73. The van der Waals surface area contributed by atoms with Gasteiger partial charge >= 0.3 is 6.18 Å². The van der Waals surface area contributed by atoms with Gasteiger partial charge in [-0.25, -0.2) is 0 Å². The molecule has 0 amide bonds. The van der Waals surface area contributed by atoms with Gasteiger partial charge in [0, 0.05) is 20.1 Å². The summed E-state index contributed by atoms with van der Waals surface area (Å²) in [5, 5.41) is 0. The van der Waals surface area contributed by atoms with E-state index >= 15 is 0 Å². The molecule has 21 heavy (non-hydrogen) atoms. The second kappa shape index (κ2) is 8.15. The van der Waals surface area contributed by atoms with Gasteiger partial charge in [0.05, 0.1) is 0 Å². The molecule has 0 N–H and O–H groups in total. The number of rotatable bonds is 8. The van der Waals surface area contributed by atoms with E-state index in [0.717, 1.165) is 0 Å². The summed E-state index contributed by atoms with van der Waals surface area (Å²) >= 11 is 8.15. The molecule has 0 saturated heterocycles. The molecular weight excluding hydrogens is 376 g/mol. The van der Waals surface area contributed by atoms with Crippen molar-refractivity contribution in [1.82, 2.24) is 0 Å². The highest BCUT2D eigenvalue weighted by Crippen LogP contribution is 2.47. The Kier molecular flexibility index (Phi) is 8.22. The Morgan fingerprint density at radius 1 is 1.19 bits per heavy atom. The van der Waals surface area contributed by atoms with Crippen LogP contribution in [0.3, 0.4) is 0 Å². The van der Waals surface area contributed by atoms with Crippen molar-refractivity contribution in [2.45, 2.75) is 56.7 Å². The van der Waals surface area contributed by atoms with Gasteiger partial charge in [0.15, 0.2) is 0 Å². The summed E-state index contributed by atoms with van der Waals surface area (Å²) in [7, 11) is 0. The van der Waals surface area contributed by atoms with Gasteiger partial charge in [0.25, 0.3) is 5.97 Å². The van der Waals surface area contributed by atoms with E-state index in [0.29, 0.717) is 5.57 Å². The predicted molar refractivity (Wildman–Crippen MR) is 79.5 cm³/mol. The quantitative estimate of drug-likeness (QED) is 0.328. The Morgan fingerprint density at radius 3 is 1.90 bits per heavy atom. The first-order valence-corrected chi connectivity index (χ1v) is 7.62. The van der Waals surface area contributed by atoms with E-state index in [1.807, 2.05) is 0 Å². The molecule has 0 aromatic carbocycles. The van der Waals surface area contributed by atoms with Gasteiger partial charge in [-0.15, -0.1) is 0 Å². The van der Waals surface area contributed by atoms with Crippen molar-refractivity contribution in [3.8, 4) is 0 Å². The second-order valence-electron chi connectivity index (χ2n) is 4.63. The van der Waals surface area contributed by atoms with Gasteiger partial charge in [-0.3, -0.25) is 0 Å². The fourth-order valence-electron chi connectivity index (χ4n) is 1.54. The predicted octanol–water partition coefficient (Wildman–Crippen LogP) is 4.98. The van der Waals surface area contributed by atoms with Gasteiger partial charge in [0.1, 0.15) is 6.10 Å². The van der Waals surface area contributed by atoms with Gasteiger partial charge in [0.2, 0.25) is 3.78 Å². The third-order valence-electron chi connectivity index (χ3n) is 2.37. The zero-order valence-corrected chi connectivity index (χ0v) is 15.0. The Morgan fingerprint density at radius 2 is 1.62 bits per heavy atom. The van der Waals surface area contributed by atoms with Crippen LogP contribution in [0.4, 0.5) is 13.2 Å². The highest BCUT2D eigenvalue weighted by Gasteiger charge is 2.58. The van der Waals surface area contributed by atoms with Crippen molar-refractivity contribution in [3.05, 3.63) is 11.6 Å². The lowest BCUT2D eigenvalue weighted by atomic mass is 10.1. The van der Waals surface area contributed by atoms with Crippen molar-refractivity contribution in [2.24, 2.45) is 0 Å². The van der Waals surface area contributed by atoms with Crippen LogP contribution in [-0.2, 0) is 14.2 Å². The number of allylic oxidation sites excluding steroid dienone is 1. The molecular formula is C13H21BrClF3O3. The van der Waals surface area contributed by atoms with E-state index in [2.05, 4.69) is 15.9 Å². The van der Waals surface area contributed by atoms with Crippen molar-refractivity contribution >= 4 is 27.5 Å². The zero-order chi connectivity index (χ0) is 16.9. The number of hydrogen-bond donors (Lipinski definition) is 0. The van der Waals surface area contributed by atoms with E-state index in [1.54, 1.807) is 27.7 Å². The van der Waals surface area contributed by atoms with E-state index in [9.17, 15) is 13.2 Å². The Hall–Kier alpha value is 0.180. The van der Waals surface area contributed by atoms with Gasteiger partial charge < -0.3 is 14.2 Å². The van der Waals surface area contributed by atoms with Crippen LogP contribution < -0.4 is 0 Å². The maximum absolute atomic E-state index is 13.1. The minimum Gasteiger partial charge on any atom is -0.328 e. The highest BCUT2D eigenvalue weighted by molar-refractivity contribution is 9.10. The van der Waals surface area contributed by atoms with Crippen LogP contribution in [-0.4, -0.2) is 35.3 Å². The summed E-state index contributed by atoms with van der Waals surface area (Å²) in [6.45, 7) is 8.48. The summed E-state index contributed by atoms with van der Waals surface area (Å²) in [6.07, 6.45) is -5.00. The molecule has 126 valence electrons. The fourth-order valence-corrected chi connectivity index (χ4v) is 1.87. The van der Waals surface area contributed by atoms with Gasteiger partial charge in [-0.05, 0) is 27.7 Å². The van der Waals surface area contributed by atoms with Crippen LogP contribution in [0.5, 0.6) is 0 Å². The topological polar surface area (TPSA) is 27.7 Å². The van der Waals surface area contributed by atoms with Crippen LogP contribution in [0.15, 0.2) is 11.6 Å². The van der Waals surface area contributed by atoms with E-state index < -0.39 is 22.0 Å². The summed E-state index contributed by atoms with van der Waals surface area (Å²) in [5.74, 6) is -1.63. The Balaban J connectivity index is 5.49. The van der Waals surface area contributed by atoms with E-state index in [4.69, 9.17) is 25.8 Å². The average Bonchev–Trinajstić information content (AvgIpc) is 2.26. The van der Waals surface area contributed by atoms with E-state index in [-0.39, 0.29) is 13.2 Å². The molecule has 0 aromatic heterocycles. The summed E-state index contributed by atoms with van der Waals surface area (Å²) in [4.78, 5) is 0. The lowest BCUT2D eigenvalue weighted by Gasteiger charge is -2.37. The lowest BCUT2D eigenvalue weighted by Crippen LogP contribution is -2.50. The molecule has 0 bridgehead atoms. The molecule has 0 rings (SSSR count). The van der Waals surface area contributed by atoms with Crippen LogP contribution in [0.2, 0.25) is 0 Å². The molecule has 0 saturated carbocycles. The fraction of sp³-hybridized carbons (Fsp3) is 0.846. The number of alkyl halides is 5. The van der Waals surface area contributed by atoms with Crippen molar-refractivity contribution in [1.29, 1.82) is 0 Å². The molecule has 0 aromatic rings. The molecule has 0 radical (unpaired) electrons. The standard InChI is InChI=1S/C13H21BrClF3O3/c1-6-19-11(5,20-7-2)21-10(8-9(3)4)12(14,15)13(16,17)18/h8,10H,6-7H2,1-5H3. The Bertz CT molecular complexity index is 349. The SMILES string of the molecule is CCOC(C)(OCC)OC(C=C(C)C)C(Cl)(Br)C(F)(F)F. The molecule has 0 aliphatic carbocycles. The molecule has 0 spiro atoms. The van der Waals surface area contributed by atoms with Crippen LogP contribution in [0.25, 0.3) is 0 Å². The molecule has 0 fully saturated rings. The molecule has 0 heterocycles. The molecule has 2 atom stereocenters. The summed E-state index contributed by atoms with van der Waals surface area (Å²) in [6, 6.07) is 0. The Labute approximate surface area is 136 Å². The minimum absolute atomic E-state index is 0.210. The zero-order valence-electron chi connectivity index (χ0n) is 12.7. The maximum Gasteiger partial charge on any atom is 0.420 e. The smallest absolute Gasteiger partial charge is 0.328 e. The van der Waals surface area contributed by atoms with Crippen molar-refractivity contribution in [3.63, 3.8) is 0 Å². The third kappa shape index (κ3) is 6.44. The number of ether oxygens (including phenoxy) is 3. The largest absolute Gasteiger partial charge is 0.420 e. The first-order valence-electron chi connectivity index (χ1n) is 6.45. The lowest BCUT2D eigenvalue weighted by molar-refractivity contribution is -0.381. The monoisotopic (exact) mass is 396 g/mol. The molecule has 3 nitrogen and oxygen atoms in total. The van der Waals surface area contributed by atoms with E-state index in [1.165, 1.54) is 13.0 Å².